The van der Waals surface area contributed by atoms with Crippen LogP contribution in [0.1, 0.15) is 32.4 Å². The first kappa shape index (κ1) is 21.2. The van der Waals surface area contributed by atoms with Crippen LogP contribution in [0.25, 0.3) is 0 Å². The second-order valence-corrected chi connectivity index (χ2v) is 9.40. The molecule has 6 nitrogen and oxygen atoms in total. The van der Waals surface area contributed by atoms with E-state index >= 15 is 0 Å². The molecule has 34 heavy (non-hydrogen) atoms. The molecule has 2 heterocycles. The Labute approximate surface area is 204 Å². The number of Topliss-reactive ketones (excluding diaryl/α,β-unsaturated/α-hetero) is 2. The van der Waals surface area contributed by atoms with E-state index in [9.17, 15) is 19.2 Å². The summed E-state index contributed by atoms with van der Waals surface area (Å²) >= 11 is 12.3. The summed E-state index contributed by atoms with van der Waals surface area (Å²) < 4.78 is 6.22. The van der Waals surface area contributed by atoms with Gasteiger partial charge in [-0.1, -0.05) is 77.8 Å². The molecule has 3 aromatic rings. The molecule has 0 radical (unpaired) electrons. The molecule has 0 aromatic heterocycles. The number of ether oxygens (including phenoxy) is 1. The SMILES string of the molecule is O=C1[C@@H]2[C@@H](c3ccccc3)OC3(C(=O)c4ccccc4C3=O)[C@@H]2C(=O)N1c1cc(Cl)cc(Cl)c1. The van der Waals surface area contributed by atoms with Gasteiger partial charge in [0, 0.05) is 21.2 Å². The van der Waals surface area contributed by atoms with Crippen LogP contribution in [0.15, 0.2) is 72.8 Å². The third-order valence-corrected chi connectivity index (χ3v) is 7.19. The van der Waals surface area contributed by atoms with E-state index in [2.05, 4.69) is 0 Å². The molecule has 0 N–H and O–H groups in total. The van der Waals surface area contributed by atoms with Gasteiger partial charge >= 0.3 is 0 Å². The van der Waals surface area contributed by atoms with Gasteiger partial charge in [-0.05, 0) is 23.8 Å². The first-order valence-corrected chi connectivity index (χ1v) is 11.4. The summed E-state index contributed by atoms with van der Waals surface area (Å²) in [5.74, 6) is -4.87. The van der Waals surface area contributed by atoms with Crippen molar-refractivity contribution in [1.82, 2.24) is 0 Å². The minimum Gasteiger partial charge on any atom is -0.349 e. The average Bonchev–Trinajstić information content (AvgIpc) is 3.39. The van der Waals surface area contributed by atoms with E-state index in [0.717, 1.165) is 4.90 Å². The minimum atomic E-state index is -2.11. The fourth-order valence-electron chi connectivity index (χ4n) is 5.38. The van der Waals surface area contributed by atoms with Crippen molar-refractivity contribution in [3.63, 3.8) is 0 Å². The van der Waals surface area contributed by atoms with Crippen molar-refractivity contribution in [1.29, 1.82) is 0 Å². The lowest BCUT2D eigenvalue weighted by atomic mass is 9.77. The summed E-state index contributed by atoms with van der Waals surface area (Å²) in [4.78, 5) is 55.9. The largest absolute Gasteiger partial charge is 0.349 e. The predicted octanol–water partition coefficient (Wildman–Crippen LogP) is 4.69. The normalized spacial score (nSPS) is 24.8. The molecule has 0 bridgehead atoms. The van der Waals surface area contributed by atoms with Crippen molar-refractivity contribution in [3.05, 3.63) is 99.5 Å². The molecule has 6 rings (SSSR count). The molecule has 1 spiro atoms. The van der Waals surface area contributed by atoms with Crippen LogP contribution in [-0.4, -0.2) is 29.0 Å². The molecule has 0 unspecified atom stereocenters. The van der Waals surface area contributed by atoms with Crippen LogP contribution in [-0.2, 0) is 14.3 Å². The Morgan fingerprint density at radius 1 is 0.735 bits per heavy atom. The van der Waals surface area contributed by atoms with Gasteiger partial charge in [0.1, 0.15) is 0 Å². The highest BCUT2D eigenvalue weighted by Gasteiger charge is 2.74. The van der Waals surface area contributed by atoms with Gasteiger partial charge in [0.2, 0.25) is 29.0 Å². The number of hydrogen-bond acceptors (Lipinski definition) is 5. The van der Waals surface area contributed by atoms with E-state index in [-0.39, 0.29) is 26.9 Å². The topological polar surface area (TPSA) is 80.8 Å². The highest BCUT2D eigenvalue weighted by Crippen LogP contribution is 2.57. The van der Waals surface area contributed by atoms with Crippen LogP contribution in [0.5, 0.6) is 0 Å². The van der Waals surface area contributed by atoms with Gasteiger partial charge in [0.25, 0.3) is 0 Å². The Kier molecular flexibility index (Phi) is 4.58. The van der Waals surface area contributed by atoms with Crippen LogP contribution in [0, 0.1) is 11.8 Å². The van der Waals surface area contributed by atoms with E-state index < -0.39 is 46.9 Å². The number of ketones is 2. The van der Waals surface area contributed by atoms with Crippen LogP contribution in [0.4, 0.5) is 5.69 Å². The average molecular weight is 492 g/mol. The number of hydrogen-bond donors (Lipinski definition) is 0. The molecule has 3 atom stereocenters. The number of halogens is 2. The molecule has 2 fully saturated rings. The molecule has 2 amide bonds. The smallest absolute Gasteiger partial charge is 0.241 e. The van der Waals surface area contributed by atoms with Crippen LogP contribution >= 0.6 is 23.2 Å². The molecule has 0 saturated carbocycles. The Morgan fingerprint density at radius 3 is 1.88 bits per heavy atom. The van der Waals surface area contributed by atoms with Gasteiger partial charge in [0.15, 0.2) is 0 Å². The summed E-state index contributed by atoms with van der Waals surface area (Å²) in [6.07, 6.45) is -0.968. The van der Waals surface area contributed by atoms with Crippen molar-refractivity contribution in [2.75, 3.05) is 4.90 Å². The monoisotopic (exact) mass is 491 g/mol. The lowest BCUT2D eigenvalue weighted by Crippen LogP contribution is -2.51. The third-order valence-electron chi connectivity index (χ3n) is 6.75. The number of fused-ring (bicyclic) bond motifs is 3. The standard InChI is InChI=1S/C26H15Cl2NO5/c27-14-10-15(28)12-16(11-14)29-24(32)19-20(25(29)33)26(34-21(19)13-6-2-1-3-7-13)22(30)17-8-4-5-9-18(17)23(26)31/h1-12,19-21H/t19-,20-,21+/m0/s1. The number of imide groups is 1. The lowest BCUT2D eigenvalue weighted by Gasteiger charge is -2.27. The van der Waals surface area contributed by atoms with Crippen LogP contribution in [0.3, 0.4) is 0 Å². The van der Waals surface area contributed by atoms with E-state index in [1.54, 1.807) is 42.5 Å². The van der Waals surface area contributed by atoms with Gasteiger partial charge in [-0.25, -0.2) is 4.90 Å². The van der Waals surface area contributed by atoms with E-state index in [1.165, 1.54) is 30.3 Å². The number of benzene rings is 3. The number of carbonyl (C=O) groups excluding carboxylic acids is 4. The molecule has 1 aliphatic carbocycles. The van der Waals surface area contributed by atoms with Crippen LogP contribution < -0.4 is 4.90 Å². The van der Waals surface area contributed by atoms with E-state index in [4.69, 9.17) is 27.9 Å². The number of anilines is 1. The summed E-state index contributed by atoms with van der Waals surface area (Å²) in [5, 5.41) is 0.484. The van der Waals surface area contributed by atoms with Gasteiger partial charge < -0.3 is 4.74 Å². The summed E-state index contributed by atoms with van der Waals surface area (Å²) in [7, 11) is 0. The second-order valence-electron chi connectivity index (χ2n) is 8.53. The Hall–Kier alpha value is -3.32. The van der Waals surface area contributed by atoms with Gasteiger partial charge in [0.05, 0.1) is 23.6 Å². The van der Waals surface area contributed by atoms with Crippen molar-refractivity contribution < 1.29 is 23.9 Å². The summed E-state index contributed by atoms with van der Waals surface area (Å²) in [6, 6.07) is 19.6. The van der Waals surface area contributed by atoms with Crippen molar-refractivity contribution in [2.24, 2.45) is 11.8 Å². The highest BCUT2D eigenvalue weighted by atomic mass is 35.5. The van der Waals surface area contributed by atoms with Gasteiger partial charge in [-0.3, -0.25) is 19.2 Å². The molecule has 2 aliphatic heterocycles. The second kappa shape index (κ2) is 7.34. The Morgan fingerprint density at radius 2 is 1.29 bits per heavy atom. The Bertz CT molecular complexity index is 1360. The van der Waals surface area contributed by atoms with Crippen molar-refractivity contribution >= 4 is 52.3 Å². The van der Waals surface area contributed by atoms with Gasteiger partial charge in [-0.15, -0.1) is 0 Å². The maximum Gasteiger partial charge on any atom is 0.241 e. The summed E-state index contributed by atoms with van der Waals surface area (Å²) in [6.45, 7) is 0. The van der Waals surface area contributed by atoms with Crippen LogP contribution in [0.2, 0.25) is 10.0 Å². The number of nitrogens with zero attached hydrogens (tertiary/aromatic N) is 1. The van der Waals surface area contributed by atoms with Gasteiger partial charge in [-0.2, -0.15) is 0 Å². The lowest BCUT2D eigenvalue weighted by molar-refractivity contribution is -0.127. The fraction of sp³-hybridized carbons (Fsp3) is 0.154. The number of carbonyl (C=O) groups is 4. The molecular weight excluding hydrogens is 477 g/mol. The molecule has 2 saturated heterocycles. The number of rotatable bonds is 2. The fourth-order valence-corrected chi connectivity index (χ4v) is 5.90. The molecule has 3 aliphatic rings. The minimum absolute atomic E-state index is 0.180. The van der Waals surface area contributed by atoms with E-state index in [1.807, 2.05) is 0 Å². The molecule has 3 aromatic carbocycles. The maximum absolute atomic E-state index is 13.8. The number of amides is 2. The first-order chi connectivity index (χ1) is 16.3. The van der Waals surface area contributed by atoms with E-state index in [0.29, 0.717) is 5.56 Å². The first-order valence-electron chi connectivity index (χ1n) is 10.6. The summed E-state index contributed by atoms with van der Waals surface area (Å²) in [5.41, 5.74) is -0.968. The Balaban J connectivity index is 1.56. The molecular formula is C26H15Cl2NO5. The molecule has 8 heteroatoms. The highest BCUT2D eigenvalue weighted by molar-refractivity contribution is 6.38. The third kappa shape index (κ3) is 2.67. The maximum atomic E-state index is 13.8. The van der Waals surface area contributed by atoms with Crippen molar-refractivity contribution in [2.45, 2.75) is 11.7 Å². The zero-order chi connectivity index (χ0) is 23.8. The molecule has 168 valence electrons. The zero-order valence-electron chi connectivity index (χ0n) is 17.4. The zero-order valence-corrected chi connectivity index (χ0v) is 18.9. The van der Waals surface area contributed by atoms with Crippen molar-refractivity contribution in [3.8, 4) is 0 Å². The predicted molar refractivity (Wildman–Crippen MR) is 124 cm³/mol. The quantitative estimate of drug-likeness (QED) is 0.383.